The number of rotatable bonds is 8. The van der Waals surface area contributed by atoms with E-state index in [0.29, 0.717) is 17.9 Å². The van der Waals surface area contributed by atoms with Gasteiger partial charge in [0.25, 0.3) is 11.8 Å². The van der Waals surface area contributed by atoms with E-state index in [1.807, 2.05) is 13.0 Å². The lowest BCUT2D eigenvalue weighted by Gasteiger charge is -2.43. The van der Waals surface area contributed by atoms with Crippen LogP contribution < -0.4 is 15.0 Å². The predicted octanol–water partition coefficient (Wildman–Crippen LogP) is 3.50. The highest BCUT2D eigenvalue weighted by Gasteiger charge is 2.59. The SMILES string of the molecule is CCc1ccc(F)c(C(=O)N[C@@H](C(=O)N2CCC3(CC2)C(=O)N(CC#N)C(=O)N3c2ccc(OC)cc2)C(C)C)c1. The summed E-state index contributed by atoms with van der Waals surface area (Å²) in [5.41, 5.74) is -0.108. The van der Waals surface area contributed by atoms with Crippen LogP contribution in [0, 0.1) is 23.1 Å². The van der Waals surface area contributed by atoms with Crippen molar-refractivity contribution in [1.29, 1.82) is 5.26 Å². The summed E-state index contributed by atoms with van der Waals surface area (Å²) in [5, 5.41) is 12.0. The van der Waals surface area contributed by atoms with Gasteiger partial charge in [0, 0.05) is 18.8 Å². The van der Waals surface area contributed by atoms with Crippen LogP contribution in [0.15, 0.2) is 42.5 Å². The van der Waals surface area contributed by atoms with Gasteiger partial charge in [0.15, 0.2) is 0 Å². The quantitative estimate of drug-likeness (QED) is 0.387. The Bertz CT molecular complexity index is 1380. The van der Waals surface area contributed by atoms with E-state index < -0.39 is 35.2 Å². The van der Waals surface area contributed by atoms with Gasteiger partial charge in [-0.2, -0.15) is 5.26 Å². The fourth-order valence-electron chi connectivity index (χ4n) is 5.47. The number of halogens is 1. The van der Waals surface area contributed by atoms with Crippen molar-refractivity contribution in [3.05, 3.63) is 59.4 Å². The van der Waals surface area contributed by atoms with Crippen LogP contribution in [0.25, 0.3) is 0 Å². The summed E-state index contributed by atoms with van der Waals surface area (Å²) >= 11 is 0. The van der Waals surface area contributed by atoms with E-state index >= 15 is 0 Å². The number of imide groups is 1. The summed E-state index contributed by atoms with van der Waals surface area (Å²) in [4.78, 5) is 57.5. The number of carbonyl (C=O) groups excluding carboxylic acids is 4. The molecule has 2 fully saturated rings. The fraction of sp³-hybridized carbons (Fsp3) is 0.433. The smallest absolute Gasteiger partial charge is 0.333 e. The van der Waals surface area contributed by atoms with Crippen molar-refractivity contribution in [2.24, 2.45) is 5.92 Å². The van der Waals surface area contributed by atoms with Gasteiger partial charge in [-0.3, -0.25) is 19.3 Å². The zero-order chi connectivity index (χ0) is 29.9. The largest absolute Gasteiger partial charge is 0.497 e. The van der Waals surface area contributed by atoms with E-state index in [-0.39, 0.29) is 49.9 Å². The number of carbonyl (C=O) groups is 4. The third-order valence-corrected chi connectivity index (χ3v) is 7.86. The van der Waals surface area contributed by atoms with Crippen LogP contribution in [0.4, 0.5) is 14.9 Å². The summed E-state index contributed by atoms with van der Waals surface area (Å²) in [7, 11) is 1.52. The predicted molar refractivity (Wildman–Crippen MR) is 149 cm³/mol. The summed E-state index contributed by atoms with van der Waals surface area (Å²) in [6.45, 7) is 5.38. The molecule has 2 saturated heterocycles. The molecule has 0 saturated carbocycles. The number of hydrogen-bond acceptors (Lipinski definition) is 6. The Kier molecular flexibility index (Phi) is 8.61. The van der Waals surface area contributed by atoms with E-state index in [4.69, 9.17) is 4.74 Å². The highest BCUT2D eigenvalue weighted by atomic mass is 19.1. The Balaban J connectivity index is 1.55. The minimum atomic E-state index is -1.26. The average Bonchev–Trinajstić information content (AvgIpc) is 3.17. The first-order chi connectivity index (χ1) is 19.6. The molecular weight excluding hydrogens is 529 g/mol. The molecule has 2 heterocycles. The molecule has 0 bridgehead atoms. The van der Waals surface area contributed by atoms with Gasteiger partial charge in [-0.05, 0) is 67.1 Å². The van der Waals surface area contributed by atoms with Gasteiger partial charge in [-0.15, -0.1) is 0 Å². The number of aryl methyl sites for hydroxylation is 1. The molecule has 5 amide bonds. The molecule has 0 aliphatic carbocycles. The first-order valence-electron chi connectivity index (χ1n) is 13.6. The number of nitriles is 1. The second-order valence-electron chi connectivity index (χ2n) is 10.6. The van der Waals surface area contributed by atoms with Gasteiger partial charge in [0.2, 0.25) is 5.91 Å². The van der Waals surface area contributed by atoms with Crippen LogP contribution in [-0.2, 0) is 16.0 Å². The van der Waals surface area contributed by atoms with Crippen LogP contribution in [0.3, 0.4) is 0 Å². The lowest BCUT2D eigenvalue weighted by molar-refractivity contribution is -0.139. The van der Waals surface area contributed by atoms with E-state index in [1.165, 1.54) is 24.1 Å². The molecule has 11 heteroatoms. The van der Waals surface area contributed by atoms with Crippen molar-refractivity contribution < 1.29 is 28.3 Å². The van der Waals surface area contributed by atoms with Crippen LogP contribution in [0.2, 0.25) is 0 Å². The number of ether oxygens (including phenoxy) is 1. The Morgan fingerprint density at radius 2 is 1.78 bits per heavy atom. The lowest BCUT2D eigenvalue weighted by Crippen LogP contribution is -2.60. The van der Waals surface area contributed by atoms with Crippen molar-refractivity contribution in [2.45, 2.75) is 51.6 Å². The van der Waals surface area contributed by atoms with Gasteiger partial charge in [0.05, 0.1) is 18.7 Å². The molecular formula is C30H34FN5O5. The molecule has 10 nitrogen and oxygen atoms in total. The van der Waals surface area contributed by atoms with E-state index in [1.54, 1.807) is 49.1 Å². The van der Waals surface area contributed by atoms with Gasteiger partial charge < -0.3 is 15.0 Å². The molecule has 1 spiro atoms. The number of hydrogen-bond donors (Lipinski definition) is 1. The Labute approximate surface area is 238 Å². The second-order valence-corrected chi connectivity index (χ2v) is 10.6. The van der Waals surface area contributed by atoms with E-state index in [9.17, 15) is 28.8 Å². The van der Waals surface area contributed by atoms with Crippen LogP contribution in [-0.4, -0.2) is 71.9 Å². The molecule has 1 N–H and O–H groups in total. The number of nitrogens with zero attached hydrogens (tertiary/aromatic N) is 4. The fourth-order valence-corrected chi connectivity index (χ4v) is 5.47. The van der Waals surface area contributed by atoms with Crippen LogP contribution in [0.5, 0.6) is 5.75 Å². The number of likely N-dealkylation sites (tertiary alicyclic amines) is 1. The molecule has 1 atom stereocenters. The maximum absolute atomic E-state index is 14.5. The summed E-state index contributed by atoms with van der Waals surface area (Å²) in [6, 6.07) is 11.4. The number of methoxy groups -OCH3 is 1. The highest BCUT2D eigenvalue weighted by Crippen LogP contribution is 2.41. The van der Waals surface area contributed by atoms with Crippen LogP contribution >= 0.6 is 0 Å². The normalized spacial score (nSPS) is 17.1. The molecule has 0 radical (unpaired) electrons. The third-order valence-electron chi connectivity index (χ3n) is 7.86. The van der Waals surface area contributed by atoms with Gasteiger partial charge >= 0.3 is 6.03 Å². The summed E-state index contributed by atoms with van der Waals surface area (Å²) in [5.74, 6) is -1.88. The van der Waals surface area contributed by atoms with Crippen LogP contribution in [0.1, 0.15) is 49.5 Å². The molecule has 4 rings (SSSR count). The molecule has 2 aromatic carbocycles. The lowest BCUT2D eigenvalue weighted by atomic mass is 9.85. The maximum Gasteiger partial charge on any atom is 0.333 e. The molecule has 0 unspecified atom stereocenters. The van der Waals surface area contributed by atoms with Crippen molar-refractivity contribution in [2.75, 3.05) is 31.6 Å². The summed E-state index contributed by atoms with van der Waals surface area (Å²) in [6.07, 6.45) is 0.912. The number of piperidine rings is 1. The molecule has 216 valence electrons. The van der Waals surface area contributed by atoms with Crippen molar-refractivity contribution >= 4 is 29.4 Å². The van der Waals surface area contributed by atoms with E-state index in [0.717, 1.165) is 10.5 Å². The Hall–Kier alpha value is -4.46. The van der Waals surface area contributed by atoms with Gasteiger partial charge in [0.1, 0.15) is 29.7 Å². The zero-order valence-corrected chi connectivity index (χ0v) is 23.6. The first-order valence-corrected chi connectivity index (χ1v) is 13.6. The first kappa shape index (κ1) is 29.5. The average molecular weight is 564 g/mol. The molecule has 41 heavy (non-hydrogen) atoms. The number of urea groups is 1. The minimum absolute atomic E-state index is 0.122. The number of amides is 5. The monoisotopic (exact) mass is 563 g/mol. The minimum Gasteiger partial charge on any atom is -0.497 e. The Morgan fingerprint density at radius 1 is 1.12 bits per heavy atom. The van der Waals surface area contributed by atoms with E-state index in [2.05, 4.69) is 5.32 Å². The van der Waals surface area contributed by atoms with Crippen molar-refractivity contribution in [3.8, 4) is 11.8 Å². The second kappa shape index (κ2) is 12.0. The van der Waals surface area contributed by atoms with Gasteiger partial charge in [-0.1, -0.05) is 26.8 Å². The summed E-state index contributed by atoms with van der Waals surface area (Å²) < 4.78 is 19.7. The number of nitrogens with one attached hydrogen (secondary N) is 1. The van der Waals surface area contributed by atoms with Gasteiger partial charge in [-0.25, -0.2) is 14.1 Å². The zero-order valence-electron chi connectivity index (χ0n) is 23.6. The topological polar surface area (TPSA) is 123 Å². The Morgan fingerprint density at radius 3 is 2.34 bits per heavy atom. The molecule has 2 aliphatic rings. The molecule has 0 aromatic heterocycles. The van der Waals surface area contributed by atoms with Crippen molar-refractivity contribution in [3.63, 3.8) is 0 Å². The van der Waals surface area contributed by atoms with Crippen molar-refractivity contribution in [1.82, 2.24) is 15.1 Å². The number of anilines is 1. The molecule has 2 aromatic rings. The maximum atomic E-state index is 14.5. The number of benzene rings is 2. The third kappa shape index (κ3) is 5.46. The molecule has 2 aliphatic heterocycles. The highest BCUT2D eigenvalue weighted by molar-refractivity contribution is 6.17. The standard InChI is InChI=1S/C30H34FN5O5/c1-5-20-6-11-24(31)23(18-20)26(37)33-25(19(2)3)27(38)34-15-12-30(13-16-34)28(39)35(17-14-32)29(40)36(30)21-7-9-22(41-4)10-8-21/h6-11,18-19,25H,5,12-13,15-17H2,1-4H3,(H,33,37)/t25-/m1/s1.